The van der Waals surface area contributed by atoms with Gasteiger partial charge in [-0.1, -0.05) is 0 Å². The van der Waals surface area contributed by atoms with Gasteiger partial charge in [0, 0.05) is 28.6 Å². The van der Waals surface area contributed by atoms with Crippen molar-refractivity contribution in [3.63, 3.8) is 0 Å². The number of amides is 1. The van der Waals surface area contributed by atoms with Crippen molar-refractivity contribution in [2.24, 2.45) is 0 Å². The minimum atomic E-state index is -0.485. The number of hydrogen-bond acceptors (Lipinski definition) is 5. The fourth-order valence-corrected chi connectivity index (χ4v) is 3.17. The molecule has 0 spiro atoms. The van der Waals surface area contributed by atoms with Crippen molar-refractivity contribution in [3.8, 4) is 5.75 Å². The van der Waals surface area contributed by atoms with Gasteiger partial charge in [-0.3, -0.25) is 4.90 Å². The summed E-state index contributed by atoms with van der Waals surface area (Å²) in [6.07, 6.45) is 1.67. The molecule has 7 heteroatoms. The van der Waals surface area contributed by atoms with E-state index in [4.69, 9.17) is 9.47 Å². The second-order valence-corrected chi connectivity index (χ2v) is 7.63. The number of hydrogen-bond donors (Lipinski definition) is 0. The Morgan fingerprint density at radius 1 is 1.21 bits per heavy atom. The largest absolute Gasteiger partial charge is 0.497 e. The Labute approximate surface area is 145 Å². The van der Waals surface area contributed by atoms with Crippen LogP contribution in [0.3, 0.4) is 0 Å². The molecule has 0 N–H and O–H groups in total. The predicted octanol–water partition coefficient (Wildman–Crippen LogP) is 3.70. The van der Waals surface area contributed by atoms with Crippen LogP contribution < -0.4 is 4.74 Å². The van der Waals surface area contributed by atoms with Gasteiger partial charge in [0.25, 0.3) is 0 Å². The molecule has 2 aromatic rings. The van der Waals surface area contributed by atoms with Crippen LogP contribution in [0.5, 0.6) is 5.75 Å². The number of benzene rings is 1. The minimum Gasteiger partial charge on any atom is -0.497 e. The summed E-state index contributed by atoms with van der Waals surface area (Å²) in [5.74, 6) is 0.829. The molecule has 0 saturated heterocycles. The van der Waals surface area contributed by atoms with Crippen LogP contribution in [0.2, 0.25) is 0 Å². The van der Waals surface area contributed by atoms with Gasteiger partial charge >= 0.3 is 6.09 Å². The molecule has 3 rings (SSSR count). The lowest BCUT2D eigenvalue weighted by Crippen LogP contribution is -2.33. The predicted molar refractivity (Wildman–Crippen MR) is 92.0 cm³/mol. The molecule has 0 atom stereocenters. The number of nitrogens with zero attached hydrogens (tertiary/aromatic N) is 3. The van der Waals surface area contributed by atoms with E-state index in [0.717, 1.165) is 21.9 Å². The molecule has 24 heavy (non-hydrogen) atoms. The molecule has 0 bridgehead atoms. The van der Waals surface area contributed by atoms with Crippen LogP contribution in [0.25, 0.3) is 0 Å². The van der Waals surface area contributed by atoms with Gasteiger partial charge in [-0.25, -0.2) is 8.88 Å². The summed E-state index contributed by atoms with van der Waals surface area (Å²) in [4.78, 5) is 14.9. The average Bonchev–Trinajstić information content (AvgIpc) is 3.04. The minimum absolute atomic E-state index is 0.296. The summed E-state index contributed by atoms with van der Waals surface area (Å²) in [5.41, 5.74) is 1.49. The van der Waals surface area contributed by atoms with Gasteiger partial charge in [0.05, 0.1) is 25.9 Å². The van der Waals surface area contributed by atoms with Crippen molar-refractivity contribution in [1.82, 2.24) is 14.1 Å². The lowest BCUT2D eigenvalue weighted by atomic mass is 10.2. The van der Waals surface area contributed by atoms with E-state index in [2.05, 4.69) is 5.10 Å². The van der Waals surface area contributed by atoms with Crippen LogP contribution in [0.15, 0.2) is 35.4 Å². The molecule has 128 valence electrons. The maximum atomic E-state index is 12.1. The summed E-state index contributed by atoms with van der Waals surface area (Å²) in [6, 6.07) is 7.82. The average molecular weight is 347 g/mol. The Bertz CT molecular complexity index is 711. The van der Waals surface area contributed by atoms with Crippen LogP contribution in [0.4, 0.5) is 4.79 Å². The highest BCUT2D eigenvalue weighted by Crippen LogP contribution is 2.28. The smallest absolute Gasteiger partial charge is 0.410 e. The van der Waals surface area contributed by atoms with E-state index in [1.165, 1.54) is 11.9 Å². The zero-order valence-electron chi connectivity index (χ0n) is 14.3. The Morgan fingerprint density at radius 3 is 2.50 bits per heavy atom. The summed E-state index contributed by atoms with van der Waals surface area (Å²) < 4.78 is 12.4. The monoisotopic (exact) mass is 347 g/mol. The van der Waals surface area contributed by atoms with E-state index < -0.39 is 5.60 Å². The van der Waals surface area contributed by atoms with Gasteiger partial charge < -0.3 is 9.47 Å². The second-order valence-electron chi connectivity index (χ2n) is 6.61. The summed E-state index contributed by atoms with van der Waals surface area (Å²) >= 11 is 1.53. The highest BCUT2D eigenvalue weighted by molar-refractivity contribution is 7.97. The summed E-state index contributed by atoms with van der Waals surface area (Å²) in [7, 11) is 1.65. The van der Waals surface area contributed by atoms with E-state index in [-0.39, 0.29) is 6.09 Å². The van der Waals surface area contributed by atoms with E-state index in [9.17, 15) is 4.79 Å². The molecular formula is C17H21N3O3S. The molecule has 1 aliphatic rings. The van der Waals surface area contributed by atoms with Gasteiger partial charge in [0.2, 0.25) is 0 Å². The number of fused-ring (bicyclic) bond motifs is 1. The number of methoxy groups -OCH3 is 1. The number of ether oxygens (including phenoxy) is 2. The quantitative estimate of drug-likeness (QED) is 0.847. The Balaban J connectivity index is 1.62. The first-order valence-electron chi connectivity index (χ1n) is 7.72. The van der Waals surface area contributed by atoms with E-state index in [1.807, 2.05) is 55.3 Å². The first-order chi connectivity index (χ1) is 11.3. The van der Waals surface area contributed by atoms with Crippen molar-refractivity contribution in [3.05, 3.63) is 41.7 Å². The van der Waals surface area contributed by atoms with E-state index >= 15 is 0 Å². The normalized spacial score (nSPS) is 13.8. The Kier molecular flexibility index (Phi) is 4.45. The van der Waals surface area contributed by atoms with Crippen LogP contribution >= 0.6 is 11.9 Å². The van der Waals surface area contributed by atoms with Crippen LogP contribution in [-0.4, -0.2) is 32.9 Å². The zero-order valence-corrected chi connectivity index (χ0v) is 15.1. The molecule has 1 amide bonds. The molecule has 0 fully saturated rings. The molecule has 1 aromatic carbocycles. The summed E-state index contributed by atoms with van der Waals surface area (Å²) in [5, 5.41) is 4.56. The molecule has 2 heterocycles. The third kappa shape index (κ3) is 3.84. The number of aromatic nitrogens is 2. The van der Waals surface area contributed by atoms with Crippen molar-refractivity contribution in [2.45, 2.75) is 44.4 Å². The Morgan fingerprint density at radius 2 is 1.92 bits per heavy atom. The molecule has 0 radical (unpaired) electrons. The van der Waals surface area contributed by atoms with Crippen molar-refractivity contribution < 1.29 is 14.3 Å². The van der Waals surface area contributed by atoms with Gasteiger partial charge in [-0.05, 0) is 45.0 Å². The summed E-state index contributed by atoms with van der Waals surface area (Å²) in [6.45, 7) is 6.62. The van der Waals surface area contributed by atoms with Gasteiger partial charge in [0.1, 0.15) is 11.4 Å². The molecule has 1 aromatic heterocycles. The Hall–Kier alpha value is -2.15. The first kappa shape index (κ1) is 16.7. The van der Waals surface area contributed by atoms with Gasteiger partial charge in [-0.15, -0.1) is 0 Å². The SMILES string of the molecule is COc1ccc(Sn2cc3c(n2)CN(C(=O)OC(C)(C)C)C3)cc1. The fraction of sp³-hybridized carbons (Fsp3) is 0.412. The molecular weight excluding hydrogens is 326 g/mol. The number of carbonyl (C=O) groups excluding carboxylic acids is 1. The topological polar surface area (TPSA) is 56.6 Å². The van der Waals surface area contributed by atoms with Crippen molar-refractivity contribution >= 4 is 18.0 Å². The second kappa shape index (κ2) is 6.39. The molecule has 0 saturated carbocycles. The molecule has 6 nitrogen and oxygen atoms in total. The van der Waals surface area contributed by atoms with Crippen molar-refractivity contribution in [2.75, 3.05) is 7.11 Å². The third-order valence-corrected chi connectivity index (χ3v) is 4.33. The fourth-order valence-electron chi connectivity index (χ4n) is 2.37. The van der Waals surface area contributed by atoms with Crippen molar-refractivity contribution in [1.29, 1.82) is 0 Å². The number of carbonyl (C=O) groups is 1. The lowest BCUT2D eigenvalue weighted by molar-refractivity contribution is 0.0239. The maximum absolute atomic E-state index is 12.1. The third-order valence-electron chi connectivity index (χ3n) is 3.47. The number of rotatable bonds is 3. The van der Waals surface area contributed by atoms with Crippen LogP contribution in [0.1, 0.15) is 32.0 Å². The van der Waals surface area contributed by atoms with E-state index in [1.54, 1.807) is 12.0 Å². The lowest BCUT2D eigenvalue weighted by Gasteiger charge is -2.24. The van der Waals surface area contributed by atoms with Crippen LogP contribution in [-0.2, 0) is 17.8 Å². The van der Waals surface area contributed by atoms with E-state index in [0.29, 0.717) is 13.1 Å². The molecule has 0 aliphatic carbocycles. The van der Waals surface area contributed by atoms with Crippen LogP contribution in [0, 0.1) is 0 Å². The van der Waals surface area contributed by atoms with Gasteiger partial charge in [-0.2, -0.15) is 5.10 Å². The molecule has 1 aliphatic heterocycles. The standard InChI is InChI=1S/C17H21N3O3S/c1-17(2,3)23-16(21)19-9-12-10-20(18-15(12)11-19)24-14-7-5-13(22-4)6-8-14/h5-8,10H,9,11H2,1-4H3. The first-order valence-corrected chi connectivity index (χ1v) is 8.49. The zero-order chi connectivity index (χ0) is 17.3. The molecule has 0 unspecified atom stereocenters. The maximum Gasteiger partial charge on any atom is 0.410 e. The highest BCUT2D eigenvalue weighted by Gasteiger charge is 2.30. The highest BCUT2D eigenvalue weighted by atomic mass is 32.2. The van der Waals surface area contributed by atoms with Gasteiger partial charge in [0.15, 0.2) is 0 Å².